The van der Waals surface area contributed by atoms with Crippen LogP contribution in [-0.4, -0.2) is 186 Å². The van der Waals surface area contributed by atoms with Gasteiger partial charge in [-0.2, -0.15) is 0 Å². The Kier molecular flexibility index (Phi) is 13.9. The monoisotopic (exact) mass is 956 g/mol. The highest BCUT2D eigenvalue weighted by atomic mass is 16.8. The smallest absolute Gasteiger partial charge is 0.335 e. The standard InChI is InChI=1S/C48H76O19/c1-43(2)16-22-21-8-9-26-45(4)12-11-28(46(5,20-51)25(45)10-13-48(26,7)47(21,6)15-14-44(22,3)27(52)17-43)64-42-38(34(58)33(57)36(65-42)39(60)61)67-41-37(32(56)30(54)24(19-50)63-41)66-40-35(59)31(55)29(53)23(18-49)62-40/h8,20,22-38,40-42,49-50,52-59H,9-19H2,1-7H3,(H,60,61)/t22-,23+,24+,25+,26+,27+,28-,29+,30-,31-,32-,33-,34-,35+,36-,37+,38+,40-,41-,42+,44+,45-,46+,47+,48+/m0/s1. The van der Waals surface area contributed by atoms with Gasteiger partial charge in [0.1, 0.15) is 73.4 Å². The molecule has 7 fully saturated rings. The molecule has 25 atom stereocenters. The fourth-order valence-corrected chi connectivity index (χ4v) is 15.0. The number of aliphatic carboxylic acids is 1. The molecule has 4 saturated carbocycles. The van der Waals surface area contributed by atoms with E-state index in [9.17, 15) is 65.8 Å². The molecule has 3 saturated heterocycles. The number of aldehydes is 1. The third kappa shape index (κ3) is 8.01. The summed E-state index contributed by atoms with van der Waals surface area (Å²) in [6.07, 6.45) is -19.1. The molecule has 0 radical (unpaired) electrons. The third-order valence-electron chi connectivity index (χ3n) is 19.4. The minimum atomic E-state index is -2.12. The van der Waals surface area contributed by atoms with Crippen molar-refractivity contribution in [3.8, 4) is 0 Å². The zero-order chi connectivity index (χ0) is 49.1. The summed E-state index contributed by atoms with van der Waals surface area (Å²) in [7, 11) is 0. The van der Waals surface area contributed by atoms with Gasteiger partial charge >= 0.3 is 5.97 Å². The van der Waals surface area contributed by atoms with E-state index in [0.29, 0.717) is 19.3 Å². The number of carboxylic acid groups (broad SMARTS) is 1. The molecule has 0 bridgehead atoms. The number of carbonyl (C=O) groups is 2. The first-order chi connectivity index (χ1) is 31.3. The molecule has 8 rings (SSSR count). The number of aliphatic hydroxyl groups excluding tert-OH is 10. The van der Waals surface area contributed by atoms with Crippen molar-refractivity contribution in [2.75, 3.05) is 13.2 Å². The normalized spacial score (nSPS) is 55.2. The van der Waals surface area contributed by atoms with Gasteiger partial charge in [0.15, 0.2) is 25.0 Å². The van der Waals surface area contributed by atoms with Gasteiger partial charge in [-0.05, 0) is 97.2 Å². The lowest BCUT2D eigenvalue weighted by molar-refractivity contribution is -0.396. The fraction of sp³-hybridized carbons (Fsp3) is 0.917. The summed E-state index contributed by atoms with van der Waals surface area (Å²) in [4.78, 5) is 26.2. The first kappa shape index (κ1) is 51.6. The van der Waals surface area contributed by atoms with Gasteiger partial charge in [0.2, 0.25) is 0 Å². The summed E-state index contributed by atoms with van der Waals surface area (Å²) >= 11 is 0. The largest absolute Gasteiger partial charge is 0.479 e. The van der Waals surface area contributed by atoms with Crippen molar-refractivity contribution in [3.63, 3.8) is 0 Å². The van der Waals surface area contributed by atoms with E-state index in [4.69, 9.17) is 28.4 Å². The number of hydrogen-bond acceptors (Lipinski definition) is 18. The van der Waals surface area contributed by atoms with Crippen molar-refractivity contribution in [1.29, 1.82) is 0 Å². The van der Waals surface area contributed by atoms with E-state index in [2.05, 4.69) is 47.6 Å². The maximum absolute atomic E-state index is 13.8. The molecule has 0 aromatic carbocycles. The van der Waals surface area contributed by atoms with Gasteiger partial charge in [-0.1, -0.05) is 60.1 Å². The Balaban J connectivity index is 1.08. The number of fused-ring (bicyclic) bond motifs is 7. The second kappa shape index (κ2) is 18.1. The fourth-order valence-electron chi connectivity index (χ4n) is 15.0. The summed E-state index contributed by atoms with van der Waals surface area (Å²) in [6, 6.07) is 0. The maximum Gasteiger partial charge on any atom is 0.335 e. The number of rotatable bonds is 10. The molecule has 0 amide bonds. The minimum absolute atomic E-state index is 0.00247. The molecule has 3 aliphatic heterocycles. The molecule has 0 spiro atoms. The van der Waals surface area contributed by atoms with Gasteiger partial charge in [0, 0.05) is 5.41 Å². The van der Waals surface area contributed by atoms with E-state index in [0.717, 1.165) is 44.8 Å². The van der Waals surface area contributed by atoms with Crippen LogP contribution < -0.4 is 0 Å². The lowest BCUT2D eigenvalue weighted by atomic mass is 9.33. The molecule has 0 aromatic heterocycles. The van der Waals surface area contributed by atoms with E-state index in [1.165, 1.54) is 5.57 Å². The van der Waals surface area contributed by atoms with Crippen molar-refractivity contribution in [3.05, 3.63) is 11.6 Å². The van der Waals surface area contributed by atoms with E-state index >= 15 is 0 Å². The van der Waals surface area contributed by atoms with Gasteiger partial charge < -0.3 is 89.4 Å². The van der Waals surface area contributed by atoms with Crippen LogP contribution in [0, 0.1) is 50.2 Å². The Labute approximate surface area is 391 Å². The van der Waals surface area contributed by atoms with Crippen LogP contribution in [0.15, 0.2) is 11.6 Å². The highest BCUT2D eigenvalue weighted by Gasteiger charge is 2.70. The van der Waals surface area contributed by atoms with Crippen molar-refractivity contribution >= 4 is 12.3 Å². The molecule has 382 valence electrons. The number of allylic oxidation sites excluding steroid dienone is 2. The molecular formula is C48H76O19. The van der Waals surface area contributed by atoms with Gasteiger partial charge in [0.25, 0.3) is 0 Å². The van der Waals surface area contributed by atoms with E-state index in [1.807, 2.05) is 6.92 Å². The topological polar surface area (TPSA) is 312 Å². The Morgan fingerprint density at radius 2 is 1.24 bits per heavy atom. The lowest BCUT2D eigenvalue weighted by Crippen LogP contribution is -2.68. The molecule has 19 nitrogen and oxygen atoms in total. The number of hydrogen-bond donors (Lipinski definition) is 11. The van der Waals surface area contributed by atoms with Crippen LogP contribution in [0.4, 0.5) is 0 Å². The zero-order valence-electron chi connectivity index (χ0n) is 39.7. The molecule has 67 heavy (non-hydrogen) atoms. The number of aliphatic hydroxyl groups is 10. The van der Waals surface area contributed by atoms with Gasteiger partial charge in [-0.15, -0.1) is 0 Å². The second-order valence-corrected chi connectivity index (χ2v) is 23.4. The molecular weight excluding hydrogens is 881 g/mol. The molecule has 0 aromatic rings. The molecule has 0 unspecified atom stereocenters. The number of ether oxygens (including phenoxy) is 6. The Hall–Kier alpha value is -1.76. The van der Waals surface area contributed by atoms with Crippen molar-refractivity contribution < 1.29 is 94.2 Å². The molecule has 19 heteroatoms. The summed E-state index contributed by atoms with van der Waals surface area (Å²) in [5.74, 6) is -1.42. The first-order valence-electron chi connectivity index (χ1n) is 24.3. The predicted molar refractivity (Wildman–Crippen MR) is 231 cm³/mol. The van der Waals surface area contributed by atoms with Crippen LogP contribution in [0.5, 0.6) is 0 Å². The highest BCUT2D eigenvalue weighted by molar-refractivity contribution is 5.73. The SMILES string of the molecule is CC1(C)C[C@@H](O)[C@]2(C)CC[C@]3(C)C(=CC[C@@H]4[C@@]5(C)CC[C@H](O[C@@H]6O[C@H](C(=O)O)[C@@H](O)[C@H](O)[C@H]6O[C@@H]6O[C@H](CO)[C@H](O)[C@H](O)[C@H]6O[C@@H]6O[C@H](CO)[C@@H](O)[C@H](O)[C@H]6O)[C@](C)(C=O)[C@@H]5CC[C@]43C)[C@@H]2C1. The van der Waals surface area contributed by atoms with Crippen LogP contribution in [-0.2, 0) is 38.0 Å². The Bertz CT molecular complexity index is 1870. The van der Waals surface area contributed by atoms with Crippen molar-refractivity contribution in [2.24, 2.45) is 50.2 Å². The molecule has 5 aliphatic carbocycles. The van der Waals surface area contributed by atoms with Crippen LogP contribution in [0.2, 0.25) is 0 Å². The van der Waals surface area contributed by atoms with Gasteiger partial charge in [-0.25, -0.2) is 4.79 Å². The molecule has 11 N–H and O–H groups in total. The van der Waals surface area contributed by atoms with Gasteiger partial charge in [-0.3, -0.25) is 0 Å². The second-order valence-electron chi connectivity index (χ2n) is 23.4. The van der Waals surface area contributed by atoms with Gasteiger partial charge in [0.05, 0.1) is 30.8 Å². The minimum Gasteiger partial charge on any atom is -0.479 e. The summed E-state index contributed by atoms with van der Waals surface area (Å²) < 4.78 is 35.8. The predicted octanol–water partition coefficient (Wildman–Crippen LogP) is -0.116. The lowest BCUT2D eigenvalue weighted by Gasteiger charge is -2.71. The van der Waals surface area contributed by atoms with Crippen LogP contribution >= 0.6 is 0 Å². The summed E-state index contributed by atoms with van der Waals surface area (Å²) in [5.41, 5.74) is -0.555. The zero-order valence-corrected chi connectivity index (χ0v) is 39.7. The Morgan fingerprint density at radius 3 is 1.85 bits per heavy atom. The van der Waals surface area contributed by atoms with Crippen LogP contribution in [0.1, 0.15) is 106 Å². The van der Waals surface area contributed by atoms with Crippen molar-refractivity contribution in [1.82, 2.24) is 0 Å². The maximum atomic E-state index is 13.8. The summed E-state index contributed by atoms with van der Waals surface area (Å²) in [6.45, 7) is 14.0. The molecule has 3 heterocycles. The Morgan fingerprint density at radius 1 is 0.657 bits per heavy atom. The average Bonchev–Trinajstić information content (AvgIpc) is 3.27. The van der Waals surface area contributed by atoms with E-state index < -0.39 is 123 Å². The summed E-state index contributed by atoms with van der Waals surface area (Å²) in [5, 5.41) is 118. The first-order valence-corrected chi connectivity index (χ1v) is 24.3. The van der Waals surface area contributed by atoms with Crippen LogP contribution in [0.3, 0.4) is 0 Å². The third-order valence-corrected chi connectivity index (χ3v) is 19.4. The van der Waals surface area contributed by atoms with Crippen LogP contribution in [0.25, 0.3) is 0 Å². The number of carbonyl (C=O) groups excluding carboxylic acids is 1. The average molecular weight is 957 g/mol. The molecule has 8 aliphatic rings. The number of carboxylic acids is 1. The highest BCUT2D eigenvalue weighted by Crippen LogP contribution is 2.75. The van der Waals surface area contributed by atoms with E-state index in [-0.39, 0.29) is 50.9 Å². The van der Waals surface area contributed by atoms with Crippen molar-refractivity contribution in [2.45, 2.75) is 211 Å². The quantitative estimate of drug-likeness (QED) is 0.0773. The van der Waals surface area contributed by atoms with E-state index in [1.54, 1.807) is 0 Å².